The van der Waals surface area contributed by atoms with E-state index < -0.39 is 0 Å². The van der Waals surface area contributed by atoms with Gasteiger partial charge in [0.05, 0.1) is 38.6 Å². The predicted octanol–water partition coefficient (Wildman–Crippen LogP) is 3.54. The van der Waals surface area contributed by atoms with Gasteiger partial charge in [0.2, 0.25) is 0 Å². The molecule has 0 spiro atoms. The van der Waals surface area contributed by atoms with Gasteiger partial charge in [0.25, 0.3) is 0 Å². The van der Waals surface area contributed by atoms with Crippen LogP contribution in [0, 0.1) is 17.3 Å². The summed E-state index contributed by atoms with van der Waals surface area (Å²) < 4.78 is 11.5. The van der Waals surface area contributed by atoms with E-state index in [0.29, 0.717) is 30.8 Å². The molecule has 2 saturated carbocycles. The van der Waals surface area contributed by atoms with E-state index in [9.17, 15) is 0 Å². The van der Waals surface area contributed by atoms with Gasteiger partial charge in [-0.15, -0.1) is 0 Å². The molecule has 2 aliphatic carbocycles. The van der Waals surface area contributed by atoms with Gasteiger partial charge in [0.15, 0.2) is 0 Å². The molecule has 24 heavy (non-hydrogen) atoms. The highest BCUT2D eigenvalue weighted by atomic mass is 16.5. The molecule has 2 fully saturated rings. The SMILES string of the molecule is CCC(C)(C1CCC(OCCO)CC1)C1CCC(OCCO)CC1. The van der Waals surface area contributed by atoms with Crippen molar-refractivity contribution in [3.8, 4) is 0 Å². The van der Waals surface area contributed by atoms with Gasteiger partial charge in [-0.25, -0.2) is 0 Å². The number of hydrogen-bond acceptors (Lipinski definition) is 4. The monoisotopic (exact) mass is 342 g/mol. The minimum absolute atomic E-state index is 0.133. The van der Waals surface area contributed by atoms with Gasteiger partial charge < -0.3 is 19.7 Å². The van der Waals surface area contributed by atoms with Crippen molar-refractivity contribution in [3.05, 3.63) is 0 Å². The van der Waals surface area contributed by atoms with Crippen LogP contribution in [0.5, 0.6) is 0 Å². The zero-order valence-corrected chi connectivity index (χ0v) is 15.7. The highest BCUT2D eigenvalue weighted by molar-refractivity contribution is 4.93. The fraction of sp³-hybridized carbons (Fsp3) is 1.00. The maximum Gasteiger partial charge on any atom is 0.0701 e. The number of aliphatic hydroxyl groups is 2. The van der Waals surface area contributed by atoms with Gasteiger partial charge >= 0.3 is 0 Å². The Hall–Kier alpha value is -0.160. The molecule has 0 aromatic rings. The number of rotatable bonds is 9. The molecular formula is C20H38O4. The Morgan fingerprint density at radius 1 is 0.750 bits per heavy atom. The van der Waals surface area contributed by atoms with Crippen molar-refractivity contribution >= 4 is 0 Å². The first-order chi connectivity index (χ1) is 11.6. The fourth-order valence-corrected chi connectivity index (χ4v) is 5.13. The van der Waals surface area contributed by atoms with E-state index in [1.54, 1.807) is 0 Å². The van der Waals surface area contributed by atoms with E-state index in [4.69, 9.17) is 19.7 Å². The lowest BCUT2D eigenvalue weighted by Crippen LogP contribution is -2.40. The Labute approximate surface area is 147 Å². The number of aliphatic hydroxyl groups excluding tert-OH is 2. The fourth-order valence-electron chi connectivity index (χ4n) is 5.13. The van der Waals surface area contributed by atoms with Crippen LogP contribution in [0.1, 0.15) is 71.6 Å². The number of hydrogen-bond donors (Lipinski definition) is 2. The lowest BCUT2D eigenvalue weighted by molar-refractivity contribution is -0.0503. The maximum absolute atomic E-state index is 8.91. The number of ether oxygens (including phenoxy) is 2. The zero-order valence-electron chi connectivity index (χ0n) is 15.7. The molecule has 2 N–H and O–H groups in total. The maximum atomic E-state index is 8.91. The molecule has 0 radical (unpaired) electrons. The molecule has 0 amide bonds. The summed E-state index contributed by atoms with van der Waals surface area (Å²) in [7, 11) is 0. The molecule has 0 bridgehead atoms. The third-order valence-corrected chi connectivity index (χ3v) is 6.87. The van der Waals surface area contributed by atoms with Crippen LogP contribution in [0.4, 0.5) is 0 Å². The molecular weight excluding hydrogens is 304 g/mol. The van der Waals surface area contributed by atoms with Crippen LogP contribution in [0.3, 0.4) is 0 Å². The van der Waals surface area contributed by atoms with Crippen molar-refractivity contribution in [1.29, 1.82) is 0 Å². The van der Waals surface area contributed by atoms with E-state index >= 15 is 0 Å². The van der Waals surface area contributed by atoms with Crippen LogP contribution < -0.4 is 0 Å². The second-order valence-electron chi connectivity index (χ2n) is 8.00. The van der Waals surface area contributed by atoms with Gasteiger partial charge in [0, 0.05) is 0 Å². The van der Waals surface area contributed by atoms with Crippen LogP contribution in [0.2, 0.25) is 0 Å². The second-order valence-corrected chi connectivity index (χ2v) is 8.00. The molecule has 2 aliphatic rings. The average molecular weight is 343 g/mol. The average Bonchev–Trinajstić information content (AvgIpc) is 2.65. The molecule has 2 rings (SSSR count). The predicted molar refractivity (Wildman–Crippen MR) is 96.0 cm³/mol. The van der Waals surface area contributed by atoms with Gasteiger partial charge in [0.1, 0.15) is 0 Å². The van der Waals surface area contributed by atoms with Gasteiger partial charge in [-0.05, 0) is 68.6 Å². The normalized spacial score (nSPS) is 34.0. The molecule has 0 unspecified atom stereocenters. The lowest BCUT2D eigenvalue weighted by Gasteiger charge is -2.48. The molecule has 0 aromatic carbocycles. The zero-order chi connectivity index (χ0) is 17.4. The molecule has 0 aliphatic heterocycles. The molecule has 0 saturated heterocycles. The Kier molecular flexibility index (Phi) is 8.48. The third-order valence-electron chi connectivity index (χ3n) is 6.87. The van der Waals surface area contributed by atoms with E-state index in [1.807, 2.05) is 0 Å². The van der Waals surface area contributed by atoms with Gasteiger partial charge in [-0.2, -0.15) is 0 Å². The summed E-state index contributed by atoms with van der Waals surface area (Å²) in [6.45, 7) is 6.12. The first-order valence-electron chi connectivity index (χ1n) is 10.1. The summed E-state index contributed by atoms with van der Waals surface area (Å²) in [6.07, 6.45) is 11.6. The lowest BCUT2D eigenvalue weighted by atomic mass is 9.58. The van der Waals surface area contributed by atoms with Crippen LogP contribution in [0.25, 0.3) is 0 Å². The Bertz CT molecular complexity index is 303. The van der Waals surface area contributed by atoms with Crippen molar-refractivity contribution in [2.24, 2.45) is 17.3 Å². The summed E-state index contributed by atoms with van der Waals surface area (Å²) in [5.74, 6) is 1.60. The molecule has 0 aromatic heterocycles. The Morgan fingerprint density at radius 2 is 1.12 bits per heavy atom. The molecule has 4 nitrogen and oxygen atoms in total. The van der Waals surface area contributed by atoms with E-state index in [0.717, 1.165) is 37.5 Å². The highest BCUT2D eigenvalue weighted by Gasteiger charge is 2.42. The van der Waals surface area contributed by atoms with Crippen LogP contribution in [-0.4, -0.2) is 48.8 Å². The largest absolute Gasteiger partial charge is 0.394 e. The Balaban J connectivity index is 1.83. The second kappa shape index (κ2) is 10.1. The minimum Gasteiger partial charge on any atom is -0.394 e. The smallest absolute Gasteiger partial charge is 0.0701 e. The Morgan fingerprint density at radius 3 is 1.42 bits per heavy atom. The summed E-state index contributed by atoms with van der Waals surface area (Å²) in [4.78, 5) is 0. The van der Waals surface area contributed by atoms with Crippen LogP contribution in [-0.2, 0) is 9.47 Å². The quantitative estimate of drug-likeness (QED) is 0.673. The van der Waals surface area contributed by atoms with E-state index in [1.165, 1.54) is 32.1 Å². The molecule has 4 heteroatoms. The van der Waals surface area contributed by atoms with Crippen molar-refractivity contribution in [2.75, 3.05) is 26.4 Å². The van der Waals surface area contributed by atoms with Crippen molar-refractivity contribution < 1.29 is 19.7 Å². The molecule has 0 heterocycles. The summed E-state index contributed by atoms with van der Waals surface area (Å²) in [6, 6.07) is 0. The summed E-state index contributed by atoms with van der Waals surface area (Å²) in [5.41, 5.74) is 0.434. The molecule has 0 atom stereocenters. The van der Waals surface area contributed by atoms with Gasteiger partial charge in [-0.3, -0.25) is 0 Å². The van der Waals surface area contributed by atoms with Crippen LogP contribution >= 0.6 is 0 Å². The summed E-state index contributed by atoms with van der Waals surface area (Å²) in [5, 5.41) is 17.8. The first-order valence-corrected chi connectivity index (χ1v) is 10.1. The van der Waals surface area contributed by atoms with Crippen molar-refractivity contribution in [2.45, 2.75) is 83.8 Å². The minimum atomic E-state index is 0.133. The van der Waals surface area contributed by atoms with Crippen molar-refractivity contribution in [1.82, 2.24) is 0 Å². The van der Waals surface area contributed by atoms with Crippen molar-refractivity contribution in [3.63, 3.8) is 0 Å². The van der Waals surface area contributed by atoms with Crippen LogP contribution in [0.15, 0.2) is 0 Å². The highest BCUT2D eigenvalue weighted by Crippen LogP contribution is 2.51. The van der Waals surface area contributed by atoms with E-state index in [-0.39, 0.29) is 13.2 Å². The van der Waals surface area contributed by atoms with Gasteiger partial charge in [-0.1, -0.05) is 20.3 Å². The summed E-state index contributed by atoms with van der Waals surface area (Å²) >= 11 is 0. The topological polar surface area (TPSA) is 58.9 Å². The molecule has 142 valence electrons. The first kappa shape index (κ1) is 20.2. The standard InChI is InChI=1S/C20H38O4/c1-3-20(2,16-4-8-18(9-5-16)23-14-12-21)17-6-10-19(11-7-17)24-15-13-22/h16-19,21-22H,3-15H2,1-2H3. The van der Waals surface area contributed by atoms with E-state index in [2.05, 4.69) is 13.8 Å². The third kappa shape index (κ3) is 5.17.